The van der Waals surface area contributed by atoms with Gasteiger partial charge in [0.05, 0.1) is 19.3 Å². The Balaban J connectivity index is 1.32. The first-order valence-electron chi connectivity index (χ1n) is 13.1. The highest BCUT2D eigenvalue weighted by atomic mass is 35.5. The van der Waals surface area contributed by atoms with Gasteiger partial charge in [0.2, 0.25) is 0 Å². The Morgan fingerprint density at radius 1 is 1.08 bits per heavy atom. The van der Waals surface area contributed by atoms with E-state index in [-0.39, 0.29) is 30.1 Å². The van der Waals surface area contributed by atoms with E-state index in [4.69, 9.17) is 37.4 Å². The number of halogens is 2. The fourth-order valence-corrected chi connectivity index (χ4v) is 6.12. The maximum Gasteiger partial charge on any atom is 0.415 e. The summed E-state index contributed by atoms with van der Waals surface area (Å²) < 4.78 is 17.6. The molecular weight excluding hydrogens is 523 g/mol. The summed E-state index contributed by atoms with van der Waals surface area (Å²) in [5.74, 6) is 1.51. The molecule has 3 heterocycles. The molecule has 0 bridgehead atoms. The number of allylic oxidation sites excluding steroid dienone is 2. The molecule has 6 rings (SSSR count). The van der Waals surface area contributed by atoms with E-state index in [9.17, 15) is 4.79 Å². The second kappa shape index (κ2) is 10.7. The maximum absolute atomic E-state index is 13.6. The number of amides is 1. The Morgan fingerprint density at radius 2 is 1.84 bits per heavy atom. The number of aromatic nitrogens is 1. The minimum atomic E-state index is -0.381. The van der Waals surface area contributed by atoms with Gasteiger partial charge in [-0.1, -0.05) is 36.2 Å². The van der Waals surface area contributed by atoms with Crippen molar-refractivity contribution in [1.29, 1.82) is 0 Å². The van der Waals surface area contributed by atoms with Crippen molar-refractivity contribution in [2.45, 2.75) is 38.3 Å². The van der Waals surface area contributed by atoms with E-state index >= 15 is 0 Å². The zero-order chi connectivity index (χ0) is 26.2. The fraction of sp³-hybridized carbons (Fsp3) is 0.367. The average Bonchev–Trinajstić information content (AvgIpc) is 3.28. The highest BCUT2D eigenvalue weighted by Crippen LogP contribution is 2.44. The van der Waals surface area contributed by atoms with Gasteiger partial charge in [-0.3, -0.25) is 4.90 Å². The standard InChI is InChI=1S/C30H30Cl2N2O4/c1-18-16-23(37-22-11-14-36-15-12-22)7-8-24(18)29-28-25(26-17-20(32)4-9-27(26)33-28)10-13-34(29)30(35)38-21-5-2-19(31)3-6-21/h2-9,16-18,22,24,29,33H,10-15H2,1H3. The summed E-state index contributed by atoms with van der Waals surface area (Å²) in [5, 5.41) is 2.40. The van der Waals surface area contributed by atoms with Crippen molar-refractivity contribution >= 4 is 40.2 Å². The third-order valence-electron chi connectivity index (χ3n) is 7.74. The molecule has 3 aromatic rings. The lowest BCUT2D eigenvalue weighted by atomic mass is 9.79. The van der Waals surface area contributed by atoms with Gasteiger partial charge in [-0.05, 0) is 72.5 Å². The first-order valence-corrected chi connectivity index (χ1v) is 13.9. The molecule has 1 amide bonds. The molecule has 1 N–H and O–H groups in total. The number of carbonyl (C=O) groups is 1. The molecule has 8 heteroatoms. The van der Waals surface area contributed by atoms with Crippen LogP contribution in [-0.4, -0.2) is 41.8 Å². The molecule has 38 heavy (non-hydrogen) atoms. The van der Waals surface area contributed by atoms with E-state index in [1.165, 1.54) is 5.56 Å². The van der Waals surface area contributed by atoms with Gasteiger partial charge in [-0.2, -0.15) is 0 Å². The Bertz CT molecular complexity index is 1390. The molecule has 6 nitrogen and oxygen atoms in total. The highest BCUT2D eigenvalue weighted by molar-refractivity contribution is 6.31. The molecule has 1 aromatic heterocycles. The molecule has 3 aliphatic rings. The van der Waals surface area contributed by atoms with Gasteiger partial charge in [-0.25, -0.2) is 4.79 Å². The van der Waals surface area contributed by atoms with Crippen molar-refractivity contribution in [3.63, 3.8) is 0 Å². The van der Waals surface area contributed by atoms with Gasteiger partial charge in [0, 0.05) is 51.9 Å². The van der Waals surface area contributed by atoms with Crippen LogP contribution in [0.3, 0.4) is 0 Å². The number of hydrogen-bond donors (Lipinski definition) is 1. The SMILES string of the molecule is CC1C=C(OC2CCOCC2)C=CC1C1c2[nH]c3ccc(Cl)cc3c2CCN1C(=O)Oc1ccc(Cl)cc1. The van der Waals surface area contributed by atoms with Crippen LogP contribution >= 0.6 is 23.2 Å². The van der Waals surface area contributed by atoms with Crippen LogP contribution in [0.1, 0.15) is 37.1 Å². The molecule has 198 valence electrons. The quantitative estimate of drug-likeness (QED) is 0.364. The maximum atomic E-state index is 13.6. The monoisotopic (exact) mass is 552 g/mol. The number of ether oxygens (including phenoxy) is 3. The third kappa shape index (κ3) is 5.05. The number of H-pyrrole nitrogens is 1. The number of rotatable bonds is 4. The molecular formula is C30H30Cl2N2O4. The van der Waals surface area contributed by atoms with Crippen LogP contribution in [0.4, 0.5) is 4.79 Å². The third-order valence-corrected chi connectivity index (χ3v) is 8.23. The van der Waals surface area contributed by atoms with E-state index in [0.29, 0.717) is 28.8 Å². The minimum Gasteiger partial charge on any atom is -0.491 e. The molecule has 0 saturated carbocycles. The molecule has 1 fully saturated rings. The lowest BCUT2D eigenvalue weighted by Gasteiger charge is -2.41. The molecule has 0 spiro atoms. The predicted octanol–water partition coefficient (Wildman–Crippen LogP) is 7.47. The summed E-state index contributed by atoms with van der Waals surface area (Å²) in [6.45, 7) is 4.19. The number of benzene rings is 2. The zero-order valence-electron chi connectivity index (χ0n) is 21.2. The summed E-state index contributed by atoms with van der Waals surface area (Å²) in [6, 6.07) is 12.5. The fourth-order valence-electron chi connectivity index (χ4n) is 5.82. The van der Waals surface area contributed by atoms with Crippen molar-refractivity contribution in [3.05, 3.63) is 87.8 Å². The second-order valence-corrected chi connectivity index (χ2v) is 11.1. The first-order chi connectivity index (χ1) is 18.5. The first kappa shape index (κ1) is 25.4. The van der Waals surface area contributed by atoms with Crippen LogP contribution in [-0.2, 0) is 15.9 Å². The van der Waals surface area contributed by atoms with Gasteiger partial charge >= 0.3 is 6.09 Å². The number of hydrogen-bond acceptors (Lipinski definition) is 4. The summed E-state index contributed by atoms with van der Waals surface area (Å²) in [7, 11) is 0. The lowest BCUT2D eigenvalue weighted by molar-refractivity contribution is -0.00188. The predicted molar refractivity (Wildman–Crippen MR) is 149 cm³/mol. The van der Waals surface area contributed by atoms with Crippen molar-refractivity contribution in [3.8, 4) is 5.75 Å². The van der Waals surface area contributed by atoms with Gasteiger partial charge in [0.1, 0.15) is 17.6 Å². The Kier molecular flexibility index (Phi) is 7.12. The molecule has 3 unspecified atom stereocenters. The number of fused-ring (bicyclic) bond motifs is 3. The average molecular weight is 553 g/mol. The van der Waals surface area contributed by atoms with Crippen LogP contribution in [0, 0.1) is 11.8 Å². The molecule has 1 aliphatic carbocycles. The zero-order valence-corrected chi connectivity index (χ0v) is 22.7. The van der Waals surface area contributed by atoms with E-state index in [0.717, 1.165) is 48.4 Å². The molecule has 2 aromatic carbocycles. The van der Waals surface area contributed by atoms with E-state index < -0.39 is 0 Å². The summed E-state index contributed by atoms with van der Waals surface area (Å²) in [4.78, 5) is 19.0. The minimum absolute atomic E-state index is 0.0254. The number of nitrogens with zero attached hydrogens (tertiary/aromatic N) is 1. The summed E-state index contributed by atoms with van der Waals surface area (Å²) >= 11 is 12.4. The second-order valence-electron chi connectivity index (χ2n) is 10.2. The van der Waals surface area contributed by atoms with Gasteiger partial charge < -0.3 is 19.2 Å². The van der Waals surface area contributed by atoms with E-state index in [1.54, 1.807) is 24.3 Å². The van der Waals surface area contributed by atoms with Gasteiger partial charge in [0.25, 0.3) is 0 Å². The van der Waals surface area contributed by atoms with Crippen molar-refractivity contribution in [1.82, 2.24) is 9.88 Å². The number of carbonyl (C=O) groups excluding carboxylic acids is 1. The molecule has 0 radical (unpaired) electrons. The van der Waals surface area contributed by atoms with Crippen LogP contribution in [0.25, 0.3) is 10.9 Å². The van der Waals surface area contributed by atoms with E-state index in [2.05, 4.69) is 30.1 Å². The van der Waals surface area contributed by atoms with Crippen LogP contribution < -0.4 is 4.74 Å². The topological polar surface area (TPSA) is 63.8 Å². The smallest absolute Gasteiger partial charge is 0.415 e. The Hall–Kier alpha value is -2.93. The van der Waals surface area contributed by atoms with Crippen molar-refractivity contribution in [2.24, 2.45) is 11.8 Å². The van der Waals surface area contributed by atoms with Gasteiger partial charge in [0.15, 0.2) is 0 Å². The number of nitrogens with one attached hydrogen (secondary N) is 1. The normalized spacial score (nSPS) is 23.7. The molecule has 1 saturated heterocycles. The molecule has 3 atom stereocenters. The summed E-state index contributed by atoms with van der Waals surface area (Å²) in [6.07, 6.45) is 8.71. The highest BCUT2D eigenvalue weighted by Gasteiger charge is 2.41. The molecule has 2 aliphatic heterocycles. The van der Waals surface area contributed by atoms with Crippen LogP contribution in [0.15, 0.2) is 66.5 Å². The van der Waals surface area contributed by atoms with Crippen LogP contribution in [0.2, 0.25) is 10.0 Å². The largest absolute Gasteiger partial charge is 0.491 e. The Morgan fingerprint density at radius 3 is 2.61 bits per heavy atom. The van der Waals surface area contributed by atoms with Crippen molar-refractivity contribution < 1.29 is 19.0 Å². The lowest BCUT2D eigenvalue weighted by Crippen LogP contribution is -2.45. The van der Waals surface area contributed by atoms with Gasteiger partial charge in [-0.15, -0.1) is 0 Å². The van der Waals surface area contributed by atoms with Crippen molar-refractivity contribution in [2.75, 3.05) is 19.8 Å². The Labute approximate surface area is 232 Å². The van der Waals surface area contributed by atoms with E-state index in [1.807, 2.05) is 23.1 Å². The summed E-state index contributed by atoms with van der Waals surface area (Å²) in [5.41, 5.74) is 3.26. The number of aromatic amines is 1. The van der Waals surface area contributed by atoms with Crippen LogP contribution in [0.5, 0.6) is 5.75 Å².